The van der Waals surface area contributed by atoms with Gasteiger partial charge in [-0.15, -0.1) is 0 Å². The third kappa shape index (κ3) is 2.40. The highest BCUT2D eigenvalue weighted by molar-refractivity contribution is 5.93. The van der Waals surface area contributed by atoms with Crippen molar-refractivity contribution < 1.29 is 9.90 Å². The van der Waals surface area contributed by atoms with Crippen LogP contribution in [-0.2, 0) is 6.61 Å². The number of rotatable bonds is 3. The third-order valence-corrected chi connectivity index (χ3v) is 2.63. The molecule has 0 saturated heterocycles. The molecule has 0 amide bonds. The maximum Gasteiger partial charge on any atom is 0.161 e. The van der Waals surface area contributed by atoms with Gasteiger partial charge >= 0.3 is 0 Å². The van der Waals surface area contributed by atoms with Gasteiger partial charge in [-0.05, 0) is 24.6 Å². The lowest BCUT2D eigenvalue weighted by Crippen LogP contribution is -1.95. The minimum atomic E-state index is -0.0215. The number of carbonyl (C=O) groups excluding carboxylic acids is 1. The van der Waals surface area contributed by atoms with Crippen LogP contribution in [0.1, 0.15) is 22.8 Å². The lowest BCUT2D eigenvalue weighted by atomic mass is 10.0. The number of Topliss-reactive ketones (excluding diaryl/α,β-unsaturated/α-hetero) is 1. The predicted octanol–water partition coefficient (Wildman–Crippen LogP) is 2.44. The van der Waals surface area contributed by atoms with E-state index in [1.54, 1.807) is 18.3 Å². The molecular weight excluding hydrogens is 214 g/mol. The van der Waals surface area contributed by atoms with Gasteiger partial charge in [0.15, 0.2) is 5.78 Å². The highest BCUT2D eigenvalue weighted by Crippen LogP contribution is 2.21. The highest BCUT2D eigenvalue weighted by Gasteiger charge is 2.06. The average Bonchev–Trinajstić information content (AvgIpc) is 2.39. The van der Waals surface area contributed by atoms with Crippen molar-refractivity contribution in [2.45, 2.75) is 13.5 Å². The zero-order valence-corrected chi connectivity index (χ0v) is 9.55. The molecule has 1 heterocycles. The van der Waals surface area contributed by atoms with E-state index in [9.17, 15) is 9.90 Å². The van der Waals surface area contributed by atoms with Gasteiger partial charge in [-0.2, -0.15) is 0 Å². The smallest absolute Gasteiger partial charge is 0.161 e. The molecule has 0 atom stereocenters. The van der Waals surface area contributed by atoms with Gasteiger partial charge in [0.05, 0.1) is 12.3 Å². The van der Waals surface area contributed by atoms with Crippen LogP contribution < -0.4 is 0 Å². The van der Waals surface area contributed by atoms with E-state index in [2.05, 4.69) is 4.98 Å². The zero-order chi connectivity index (χ0) is 12.3. The van der Waals surface area contributed by atoms with Gasteiger partial charge in [0.25, 0.3) is 0 Å². The first-order chi connectivity index (χ1) is 8.22. The Kier molecular flexibility index (Phi) is 3.30. The maximum atomic E-state index is 11.1. The largest absolute Gasteiger partial charge is 0.392 e. The molecule has 2 rings (SSSR count). The van der Waals surface area contributed by atoms with Gasteiger partial charge < -0.3 is 5.11 Å². The molecule has 3 nitrogen and oxygen atoms in total. The number of benzene rings is 1. The number of aliphatic hydroxyl groups is 1. The molecule has 2 aromatic rings. The fourth-order valence-electron chi connectivity index (χ4n) is 1.67. The molecule has 0 unspecified atom stereocenters. The maximum absolute atomic E-state index is 11.1. The Labute approximate surface area is 99.8 Å². The van der Waals surface area contributed by atoms with Crippen molar-refractivity contribution in [3.8, 4) is 11.3 Å². The number of aliphatic hydroxyl groups excluding tert-OH is 1. The van der Waals surface area contributed by atoms with E-state index in [4.69, 9.17) is 0 Å². The molecule has 1 aromatic heterocycles. The second-order valence-electron chi connectivity index (χ2n) is 3.80. The van der Waals surface area contributed by atoms with Crippen molar-refractivity contribution in [3.05, 3.63) is 53.7 Å². The average molecular weight is 227 g/mol. The molecule has 0 aliphatic carbocycles. The summed E-state index contributed by atoms with van der Waals surface area (Å²) in [5, 5.41) is 9.24. The Bertz CT molecular complexity index is 532. The van der Waals surface area contributed by atoms with Crippen molar-refractivity contribution >= 4 is 5.78 Å². The Balaban J connectivity index is 2.43. The minimum absolute atomic E-state index is 0.000469. The molecule has 3 heteroatoms. The van der Waals surface area contributed by atoms with Gasteiger partial charge in [-0.3, -0.25) is 9.78 Å². The van der Waals surface area contributed by atoms with Gasteiger partial charge in [0.1, 0.15) is 0 Å². The SMILES string of the molecule is CC(=O)c1ccc(-c2ccccc2CO)nc1. The van der Waals surface area contributed by atoms with Crippen LogP contribution in [0.15, 0.2) is 42.6 Å². The topological polar surface area (TPSA) is 50.2 Å². The standard InChI is InChI=1S/C14H13NO2/c1-10(17)11-6-7-14(15-8-11)13-5-3-2-4-12(13)9-16/h2-8,16H,9H2,1H3. The third-order valence-electron chi connectivity index (χ3n) is 2.63. The highest BCUT2D eigenvalue weighted by atomic mass is 16.3. The Morgan fingerprint density at radius 1 is 1.24 bits per heavy atom. The van der Waals surface area contributed by atoms with Crippen molar-refractivity contribution in [1.29, 1.82) is 0 Å². The summed E-state index contributed by atoms with van der Waals surface area (Å²) in [5.41, 5.74) is 3.08. The molecule has 86 valence electrons. The molecule has 0 bridgehead atoms. The number of hydrogen-bond acceptors (Lipinski definition) is 3. The summed E-state index contributed by atoms with van der Waals surface area (Å²) in [6, 6.07) is 11.1. The lowest BCUT2D eigenvalue weighted by Gasteiger charge is -2.06. The van der Waals surface area contributed by atoms with E-state index in [0.717, 1.165) is 16.8 Å². The van der Waals surface area contributed by atoms with Crippen LogP contribution in [0.2, 0.25) is 0 Å². The molecule has 1 aromatic carbocycles. The second-order valence-corrected chi connectivity index (χ2v) is 3.80. The van der Waals surface area contributed by atoms with Crippen molar-refractivity contribution in [2.24, 2.45) is 0 Å². The van der Waals surface area contributed by atoms with Gasteiger partial charge in [0, 0.05) is 17.3 Å². The molecule has 0 radical (unpaired) electrons. The van der Waals surface area contributed by atoms with E-state index in [1.807, 2.05) is 24.3 Å². The predicted molar refractivity (Wildman–Crippen MR) is 65.6 cm³/mol. The van der Waals surface area contributed by atoms with Crippen LogP contribution in [0.25, 0.3) is 11.3 Å². The first-order valence-electron chi connectivity index (χ1n) is 5.38. The van der Waals surface area contributed by atoms with E-state index in [0.29, 0.717) is 5.56 Å². The fourth-order valence-corrected chi connectivity index (χ4v) is 1.67. The van der Waals surface area contributed by atoms with Crippen molar-refractivity contribution in [2.75, 3.05) is 0 Å². The van der Waals surface area contributed by atoms with E-state index in [-0.39, 0.29) is 12.4 Å². The molecular formula is C14H13NO2. The molecule has 17 heavy (non-hydrogen) atoms. The number of ketones is 1. The number of hydrogen-bond donors (Lipinski definition) is 1. The normalized spacial score (nSPS) is 10.2. The monoisotopic (exact) mass is 227 g/mol. The zero-order valence-electron chi connectivity index (χ0n) is 9.55. The van der Waals surface area contributed by atoms with Crippen LogP contribution in [0, 0.1) is 0 Å². The lowest BCUT2D eigenvalue weighted by molar-refractivity contribution is 0.101. The summed E-state index contributed by atoms with van der Waals surface area (Å²) in [7, 11) is 0. The van der Waals surface area contributed by atoms with Gasteiger partial charge in [0.2, 0.25) is 0 Å². The van der Waals surface area contributed by atoms with Gasteiger partial charge in [-0.1, -0.05) is 24.3 Å². The summed E-state index contributed by atoms with van der Waals surface area (Å²) in [4.78, 5) is 15.4. The summed E-state index contributed by atoms with van der Waals surface area (Å²) < 4.78 is 0. The Morgan fingerprint density at radius 2 is 2.00 bits per heavy atom. The molecule has 0 aliphatic heterocycles. The van der Waals surface area contributed by atoms with Crippen LogP contribution in [-0.4, -0.2) is 15.9 Å². The fraction of sp³-hybridized carbons (Fsp3) is 0.143. The number of nitrogens with zero attached hydrogens (tertiary/aromatic N) is 1. The van der Waals surface area contributed by atoms with Crippen LogP contribution >= 0.6 is 0 Å². The van der Waals surface area contributed by atoms with Gasteiger partial charge in [-0.25, -0.2) is 0 Å². The summed E-state index contributed by atoms with van der Waals surface area (Å²) in [6.07, 6.45) is 1.56. The Morgan fingerprint density at radius 3 is 2.59 bits per heavy atom. The Hall–Kier alpha value is -2.00. The first-order valence-corrected chi connectivity index (χ1v) is 5.38. The van der Waals surface area contributed by atoms with Crippen LogP contribution in [0.4, 0.5) is 0 Å². The summed E-state index contributed by atoms with van der Waals surface area (Å²) >= 11 is 0. The molecule has 0 saturated carbocycles. The molecule has 0 spiro atoms. The van der Waals surface area contributed by atoms with Crippen LogP contribution in [0.5, 0.6) is 0 Å². The molecule has 1 N–H and O–H groups in total. The van der Waals surface area contributed by atoms with E-state index >= 15 is 0 Å². The summed E-state index contributed by atoms with van der Waals surface area (Å²) in [5.74, 6) is -0.000469. The van der Waals surface area contributed by atoms with Crippen LogP contribution in [0.3, 0.4) is 0 Å². The number of aromatic nitrogens is 1. The molecule has 0 fully saturated rings. The second kappa shape index (κ2) is 4.89. The number of carbonyl (C=O) groups is 1. The first kappa shape index (κ1) is 11.5. The molecule has 0 aliphatic rings. The minimum Gasteiger partial charge on any atom is -0.392 e. The summed E-state index contributed by atoms with van der Waals surface area (Å²) in [6.45, 7) is 1.49. The van der Waals surface area contributed by atoms with Crippen molar-refractivity contribution in [1.82, 2.24) is 4.98 Å². The van der Waals surface area contributed by atoms with E-state index in [1.165, 1.54) is 6.92 Å². The van der Waals surface area contributed by atoms with Crippen molar-refractivity contribution in [3.63, 3.8) is 0 Å². The quantitative estimate of drug-likeness (QED) is 0.819. The number of pyridine rings is 1. The van der Waals surface area contributed by atoms with E-state index < -0.39 is 0 Å².